The standard InChI is InChI=1S/C20H34N6O2/c1-7-21-26(6)17(4)23-24-25(5)13-12-18(16(2)3)22-19-10-8-9-11-20(19)28-15-14-27/h7-11,17-18,22,27H,2,12-15H2,1,3-6H3/b21-7-,24-23?. The van der Waals surface area contributed by atoms with Gasteiger partial charge < -0.3 is 15.2 Å². The zero-order valence-corrected chi connectivity index (χ0v) is 17.7. The number of hydrazone groups is 1. The van der Waals surface area contributed by atoms with Gasteiger partial charge in [0.25, 0.3) is 0 Å². The molecule has 8 nitrogen and oxygen atoms in total. The van der Waals surface area contributed by atoms with Gasteiger partial charge in [-0.1, -0.05) is 29.5 Å². The number of anilines is 1. The lowest BCUT2D eigenvalue weighted by Gasteiger charge is -2.24. The Balaban J connectivity index is 2.65. The molecule has 2 unspecified atom stereocenters. The Bertz CT molecular complexity index is 649. The van der Waals surface area contributed by atoms with Gasteiger partial charge in [0.15, 0.2) is 6.17 Å². The number of nitrogens with one attached hydrogen (secondary N) is 1. The first-order valence-electron chi connectivity index (χ1n) is 9.47. The zero-order valence-electron chi connectivity index (χ0n) is 17.7. The number of para-hydroxylation sites is 2. The molecule has 0 aromatic heterocycles. The number of rotatable bonds is 13. The van der Waals surface area contributed by atoms with Gasteiger partial charge in [0.05, 0.1) is 12.3 Å². The molecule has 156 valence electrons. The van der Waals surface area contributed by atoms with Crippen LogP contribution in [-0.2, 0) is 0 Å². The monoisotopic (exact) mass is 390 g/mol. The summed E-state index contributed by atoms with van der Waals surface area (Å²) in [5, 5.41) is 28.7. The molecule has 8 heteroatoms. The van der Waals surface area contributed by atoms with Crippen molar-refractivity contribution >= 4 is 11.9 Å². The third kappa shape index (κ3) is 8.39. The van der Waals surface area contributed by atoms with Gasteiger partial charge in [0.2, 0.25) is 0 Å². The summed E-state index contributed by atoms with van der Waals surface area (Å²) in [5.41, 5.74) is 1.90. The highest BCUT2D eigenvalue weighted by Crippen LogP contribution is 2.26. The fraction of sp³-hybridized carbons (Fsp3) is 0.550. The molecule has 0 bridgehead atoms. The second-order valence-corrected chi connectivity index (χ2v) is 6.57. The SMILES string of the molecule is C=C(C)C(CCN(C)N=NC(C)N(C)/N=C\C)Nc1ccccc1OCCO. The summed E-state index contributed by atoms with van der Waals surface area (Å²) in [7, 11) is 3.76. The van der Waals surface area contributed by atoms with E-state index in [-0.39, 0.29) is 25.4 Å². The average Bonchev–Trinajstić information content (AvgIpc) is 2.68. The summed E-state index contributed by atoms with van der Waals surface area (Å²) < 4.78 is 5.60. The van der Waals surface area contributed by atoms with Crippen molar-refractivity contribution in [3.8, 4) is 5.75 Å². The summed E-state index contributed by atoms with van der Waals surface area (Å²) in [6.07, 6.45) is 2.39. The number of hydrogen-bond acceptors (Lipinski definition) is 7. The van der Waals surface area contributed by atoms with Gasteiger partial charge >= 0.3 is 0 Å². The van der Waals surface area contributed by atoms with Gasteiger partial charge in [-0.3, -0.25) is 10.0 Å². The van der Waals surface area contributed by atoms with Gasteiger partial charge in [-0.15, -0.1) is 5.11 Å². The lowest BCUT2D eigenvalue weighted by atomic mass is 10.1. The number of aliphatic hydroxyl groups is 1. The predicted octanol–water partition coefficient (Wildman–Crippen LogP) is 3.39. The van der Waals surface area contributed by atoms with Crippen LogP contribution in [0, 0.1) is 0 Å². The molecule has 2 atom stereocenters. The number of aliphatic hydroxyl groups excluding tert-OH is 1. The molecule has 1 aromatic carbocycles. The van der Waals surface area contributed by atoms with Crippen molar-refractivity contribution in [3.05, 3.63) is 36.4 Å². The minimum Gasteiger partial charge on any atom is -0.489 e. The molecule has 0 aliphatic carbocycles. The molecule has 0 saturated carbocycles. The lowest BCUT2D eigenvalue weighted by Crippen LogP contribution is -2.27. The van der Waals surface area contributed by atoms with Gasteiger partial charge in [0.1, 0.15) is 12.4 Å². The Morgan fingerprint density at radius 3 is 2.71 bits per heavy atom. The maximum absolute atomic E-state index is 8.99. The number of hydrogen-bond donors (Lipinski definition) is 2. The van der Waals surface area contributed by atoms with Crippen LogP contribution in [0.5, 0.6) is 5.75 Å². The molecule has 0 aliphatic rings. The molecule has 1 aromatic rings. The highest BCUT2D eigenvalue weighted by Gasteiger charge is 2.13. The molecule has 0 spiro atoms. The van der Waals surface area contributed by atoms with Gasteiger partial charge in [-0.05, 0) is 39.3 Å². The average molecular weight is 391 g/mol. The topological polar surface area (TPSA) is 85.1 Å². The Morgan fingerprint density at radius 1 is 1.36 bits per heavy atom. The maximum atomic E-state index is 8.99. The molecule has 0 amide bonds. The third-order valence-electron chi connectivity index (χ3n) is 4.11. The Hall–Kier alpha value is -2.61. The van der Waals surface area contributed by atoms with Crippen molar-refractivity contribution in [1.29, 1.82) is 0 Å². The largest absolute Gasteiger partial charge is 0.489 e. The van der Waals surface area contributed by atoms with E-state index in [2.05, 4.69) is 27.3 Å². The van der Waals surface area contributed by atoms with Crippen molar-refractivity contribution < 1.29 is 9.84 Å². The van der Waals surface area contributed by atoms with E-state index in [0.717, 1.165) is 17.7 Å². The number of ether oxygens (including phenoxy) is 1. The Morgan fingerprint density at radius 2 is 2.07 bits per heavy atom. The summed E-state index contributed by atoms with van der Waals surface area (Å²) in [6, 6.07) is 7.74. The van der Waals surface area contributed by atoms with Crippen molar-refractivity contribution in [1.82, 2.24) is 10.0 Å². The quantitative estimate of drug-likeness (QED) is 0.233. The summed E-state index contributed by atoms with van der Waals surface area (Å²) in [6.45, 7) is 10.8. The van der Waals surface area contributed by atoms with E-state index in [4.69, 9.17) is 9.84 Å². The van der Waals surface area contributed by atoms with Crippen LogP contribution in [0.1, 0.15) is 27.2 Å². The van der Waals surface area contributed by atoms with Crippen LogP contribution in [0.4, 0.5) is 5.69 Å². The molecule has 0 heterocycles. The minimum absolute atomic E-state index is 0.0226. The normalized spacial score (nSPS) is 13.5. The van der Waals surface area contributed by atoms with E-state index in [0.29, 0.717) is 12.3 Å². The fourth-order valence-electron chi connectivity index (χ4n) is 2.37. The highest BCUT2D eigenvalue weighted by molar-refractivity contribution is 5.57. The molecule has 0 aliphatic heterocycles. The summed E-state index contributed by atoms with van der Waals surface area (Å²) in [5.74, 6) is 0.712. The van der Waals surface area contributed by atoms with Crippen molar-refractivity contribution in [2.45, 2.75) is 39.4 Å². The van der Waals surface area contributed by atoms with Crippen LogP contribution in [0.25, 0.3) is 0 Å². The second-order valence-electron chi connectivity index (χ2n) is 6.57. The second kappa shape index (κ2) is 12.7. The molecule has 1 rings (SSSR count). The highest BCUT2D eigenvalue weighted by atomic mass is 16.5. The minimum atomic E-state index is -0.135. The van der Waals surface area contributed by atoms with Crippen molar-refractivity contribution in [2.75, 3.05) is 39.2 Å². The van der Waals surface area contributed by atoms with Gasteiger partial charge in [-0.25, -0.2) is 0 Å². The van der Waals surface area contributed by atoms with Crippen molar-refractivity contribution in [3.63, 3.8) is 0 Å². The smallest absolute Gasteiger partial charge is 0.156 e. The molecule has 0 saturated heterocycles. The van der Waals surface area contributed by atoms with Crippen LogP contribution in [0.2, 0.25) is 0 Å². The van der Waals surface area contributed by atoms with Crippen LogP contribution in [0.3, 0.4) is 0 Å². The van der Waals surface area contributed by atoms with Crippen LogP contribution >= 0.6 is 0 Å². The summed E-state index contributed by atoms with van der Waals surface area (Å²) >= 11 is 0. The lowest BCUT2D eigenvalue weighted by molar-refractivity contribution is 0.202. The zero-order chi connectivity index (χ0) is 20.9. The van der Waals surface area contributed by atoms with E-state index in [1.54, 1.807) is 11.2 Å². The third-order valence-corrected chi connectivity index (χ3v) is 4.11. The molecular weight excluding hydrogens is 356 g/mol. The summed E-state index contributed by atoms with van der Waals surface area (Å²) in [4.78, 5) is 0. The van der Waals surface area contributed by atoms with Crippen LogP contribution in [-0.4, -0.2) is 67.4 Å². The Kier molecular flexibility index (Phi) is 10.6. The van der Waals surface area contributed by atoms with Gasteiger partial charge in [-0.2, -0.15) is 5.10 Å². The number of benzene rings is 1. The molecule has 28 heavy (non-hydrogen) atoms. The van der Waals surface area contributed by atoms with Gasteiger partial charge in [0, 0.05) is 32.9 Å². The predicted molar refractivity (Wildman–Crippen MR) is 115 cm³/mol. The molecule has 0 fully saturated rings. The van der Waals surface area contributed by atoms with Crippen LogP contribution in [0.15, 0.2) is 51.9 Å². The van der Waals surface area contributed by atoms with E-state index in [1.807, 2.05) is 64.1 Å². The first kappa shape index (κ1) is 23.4. The first-order chi connectivity index (χ1) is 13.4. The van der Waals surface area contributed by atoms with E-state index in [1.165, 1.54) is 0 Å². The number of nitrogens with zero attached hydrogens (tertiary/aromatic N) is 5. The van der Waals surface area contributed by atoms with E-state index < -0.39 is 0 Å². The van der Waals surface area contributed by atoms with Crippen molar-refractivity contribution in [2.24, 2.45) is 15.4 Å². The van der Waals surface area contributed by atoms with E-state index >= 15 is 0 Å². The van der Waals surface area contributed by atoms with E-state index in [9.17, 15) is 0 Å². The molecule has 2 N–H and O–H groups in total. The molecule has 0 radical (unpaired) electrons. The maximum Gasteiger partial charge on any atom is 0.156 e. The first-order valence-corrected chi connectivity index (χ1v) is 9.47. The Labute approximate surface area is 168 Å². The van der Waals surface area contributed by atoms with Crippen LogP contribution < -0.4 is 10.1 Å². The molecular formula is C20H34N6O2. The fourth-order valence-corrected chi connectivity index (χ4v) is 2.37.